The molecule has 7 heteroatoms. The van der Waals surface area contributed by atoms with Crippen molar-refractivity contribution in [2.75, 3.05) is 7.11 Å². The van der Waals surface area contributed by atoms with Gasteiger partial charge in [0.25, 0.3) is 0 Å². The number of methoxy groups -OCH3 is 1. The number of nitrogens with one attached hydrogen (secondary N) is 1. The zero-order valence-corrected chi connectivity index (χ0v) is 19.3. The van der Waals surface area contributed by atoms with Crippen LogP contribution in [0, 0.1) is 17.7 Å². The zero-order chi connectivity index (χ0) is 23.7. The van der Waals surface area contributed by atoms with Crippen molar-refractivity contribution >= 4 is 17.7 Å². The molecular formula is C26H30FNO5. The van der Waals surface area contributed by atoms with Crippen molar-refractivity contribution in [2.45, 2.75) is 64.4 Å². The Balaban J connectivity index is 1.80. The van der Waals surface area contributed by atoms with Gasteiger partial charge >= 0.3 is 11.9 Å². The first kappa shape index (κ1) is 23.2. The molecule has 1 aromatic rings. The van der Waals surface area contributed by atoms with E-state index in [1.807, 2.05) is 6.92 Å². The Bertz CT molecular complexity index is 1040. The summed E-state index contributed by atoms with van der Waals surface area (Å²) in [6, 6.07) is 6.13. The van der Waals surface area contributed by atoms with Crippen LogP contribution >= 0.6 is 0 Å². The van der Waals surface area contributed by atoms with Crippen molar-refractivity contribution in [3.63, 3.8) is 0 Å². The average Bonchev–Trinajstić information content (AvgIpc) is 2.79. The van der Waals surface area contributed by atoms with E-state index in [4.69, 9.17) is 9.47 Å². The minimum Gasteiger partial charge on any atom is -0.468 e. The van der Waals surface area contributed by atoms with Gasteiger partial charge in [-0.25, -0.2) is 9.18 Å². The van der Waals surface area contributed by atoms with Crippen molar-refractivity contribution in [3.8, 4) is 0 Å². The summed E-state index contributed by atoms with van der Waals surface area (Å²) in [6.07, 6.45) is 4.93. The van der Waals surface area contributed by atoms with Crippen LogP contribution in [0.1, 0.15) is 63.9 Å². The van der Waals surface area contributed by atoms with Gasteiger partial charge in [0.15, 0.2) is 5.78 Å². The Hall–Kier alpha value is -2.96. The van der Waals surface area contributed by atoms with Gasteiger partial charge in [0, 0.05) is 22.5 Å². The predicted octanol–water partition coefficient (Wildman–Crippen LogP) is 4.31. The Morgan fingerprint density at radius 1 is 1.12 bits per heavy atom. The Morgan fingerprint density at radius 2 is 1.82 bits per heavy atom. The maximum Gasteiger partial charge on any atom is 0.337 e. The molecule has 1 aromatic carbocycles. The third-order valence-corrected chi connectivity index (χ3v) is 7.01. The average molecular weight is 456 g/mol. The number of ketones is 1. The third-order valence-electron chi connectivity index (χ3n) is 7.01. The number of benzene rings is 1. The van der Waals surface area contributed by atoms with Gasteiger partial charge in [0.1, 0.15) is 17.8 Å². The lowest BCUT2D eigenvalue weighted by Crippen LogP contribution is -2.43. The first-order valence-electron chi connectivity index (χ1n) is 11.6. The normalized spacial score (nSPS) is 25.9. The molecule has 3 atom stereocenters. The maximum atomic E-state index is 15.1. The van der Waals surface area contributed by atoms with E-state index in [-0.39, 0.29) is 28.7 Å². The summed E-state index contributed by atoms with van der Waals surface area (Å²) in [5.41, 5.74) is 1.84. The van der Waals surface area contributed by atoms with E-state index >= 15 is 4.39 Å². The molecule has 1 saturated carbocycles. The van der Waals surface area contributed by atoms with E-state index in [1.165, 1.54) is 13.2 Å². The van der Waals surface area contributed by atoms with E-state index in [2.05, 4.69) is 5.32 Å². The van der Waals surface area contributed by atoms with Crippen LogP contribution in [0.5, 0.6) is 0 Å². The molecule has 2 aliphatic carbocycles. The van der Waals surface area contributed by atoms with Crippen LogP contribution in [0.4, 0.5) is 4.39 Å². The topological polar surface area (TPSA) is 81.7 Å². The van der Waals surface area contributed by atoms with Gasteiger partial charge in [-0.2, -0.15) is 0 Å². The molecule has 1 fully saturated rings. The molecular weight excluding hydrogens is 425 g/mol. The molecule has 3 aliphatic rings. The second-order valence-corrected chi connectivity index (χ2v) is 9.22. The molecule has 0 unspecified atom stereocenters. The molecule has 0 saturated heterocycles. The third kappa shape index (κ3) is 4.33. The minimum atomic E-state index is -1.00. The molecule has 0 spiro atoms. The molecule has 0 bridgehead atoms. The molecule has 1 aliphatic heterocycles. The highest BCUT2D eigenvalue weighted by Crippen LogP contribution is 2.46. The number of allylic oxidation sites excluding steroid dienone is 3. The quantitative estimate of drug-likeness (QED) is 0.538. The fourth-order valence-corrected chi connectivity index (χ4v) is 5.37. The van der Waals surface area contributed by atoms with Crippen LogP contribution < -0.4 is 5.32 Å². The van der Waals surface area contributed by atoms with Crippen molar-refractivity contribution in [1.82, 2.24) is 5.32 Å². The molecule has 0 aromatic heterocycles. The maximum absolute atomic E-state index is 15.1. The number of Topliss-reactive ketones (excluding diaryl/α,β-unsaturated/α-hetero) is 1. The highest BCUT2D eigenvalue weighted by atomic mass is 19.1. The van der Waals surface area contributed by atoms with Gasteiger partial charge < -0.3 is 14.8 Å². The Morgan fingerprint density at radius 3 is 2.48 bits per heavy atom. The number of carbonyl (C=O) groups is 3. The first-order valence-corrected chi connectivity index (χ1v) is 11.6. The van der Waals surface area contributed by atoms with Gasteiger partial charge in [-0.1, -0.05) is 31.5 Å². The monoisotopic (exact) mass is 455 g/mol. The number of carbonyl (C=O) groups excluding carboxylic acids is 3. The summed E-state index contributed by atoms with van der Waals surface area (Å²) >= 11 is 0. The Labute approximate surface area is 193 Å². The predicted molar refractivity (Wildman–Crippen MR) is 119 cm³/mol. The summed E-state index contributed by atoms with van der Waals surface area (Å²) in [4.78, 5) is 39.5. The fraction of sp³-hybridized carbons (Fsp3) is 0.500. The number of halogens is 1. The van der Waals surface area contributed by atoms with Crippen molar-refractivity contribution in [2.24, 2.45) is 11.8 Å². The fourth-order valence-electron chi connectivity index (χ4n) is 5.37. The number of hydrogen-bond acceptors (Lipinski definition) is 6. The van der Waals surface area contributed by atoms with Gasteiger partial charge in [-0.15, -0.1) is 0 Å². The van der Waals surface area contributed by atoms with E-state index in [0.29, 0.717) is 17.8 Å². The molecule has 176 valence electrons. The summed E-state index contributed by atoms with van der Waals surface area (Å²) in [6.45, 7) is 3.56. The minimum absolute atomic E-state index is 0.187. The lowest BCUT2D eigenvalue weighted by molar-refractivity contribution is -0.151. The Kier molecular flexibility index (Phi) is 6.68. The van der Waals surface area contributed by atoms with Crippen LogP contribution in [0.2, 0.25) is 0 Å². The van der Waals surface area contributed by atoms with Gasteiger partial charge in [0.05, 0.1) is 18.6 Å². The molecule has 0 radical (unpaired) electrons. The molecule has 4 rings (SSSR count). The summed E-state index contributed by atoms with van der Waals surface area (Å²) in [7, 11) is 1.25. The second kappa shape index (κ2) is 9.49. The van der Waals surface area contributed by atoms with E-state index in [0.717, 1.165) is 32.1 Å². The number of ether oxygens (including phenoxy) is 2. The first-order chi connectivity index (χ1) is 15.8. The van der Waals surface area contributed by atoms with Crippen molar-refractivity contribution in [3.05, 3.63) is 58.2 Å². The van der Waals surface area contributed by atoms with Crippen LogP contribution in [0.15, 0.2) is 46.8 Å². The van der Waals surface area contributed by atoms with Crippen molar-refractivity contribution in [1.29, 1.82) is 0 Å². The highest BCUT2D eigenvalue weighted by molar-refractivity contribution is 6.12. The molecule has 33 heavy (non-hydrogen) atoms. The number of dihydropyridines is 1. The number of esters is 2. The van der Waals surface area contributed by atoms with Crippen LogP contribution in [-0.4, -0.2) is 30.9 Å². The van der Waals surface area contributed by atoms with E-state index in [1.54, 1.807) is 25.1 Å². The lowest BCUT2D eigenvalue weighted by Gasteiger charge is -2.38. The molecule has 6 nitrogen and oxygen atoms in total. The lowest BCUT2D eigenvalue weighted by atomic mass is 9.69. The summed E-state index contributed by atoms with van der Waals surface area (Å²) in [5, 5.41) is 3.21. The number of hydrogen-bond donors (Lipinski definition) is 1. The van der Waals surface area contributed by atoms with Gasteiger partial charge in [-0.05, 0) is 51.0 Å². The molecule has 1 heterocycles. The van der Waals surface area contributed by atoms with Gasteiger partial charge in [0.2, 0.25) is 0 Å². The zero-order valence-electron chi connectivity index (χ0n) is 19.3. The van der Waals surface area contributed by atoms with Crippen LogP contribution in [0.25, 0.3) is 0 Å². The summed E-state index contributed by atoms with van der Waals surface area (Å²) in [5.74, 6) is -4.37. The van der Waals surface area contributed by atoms with Crippen LogP contribution in [-0.2, 0) is 23.9 Å². The standard InChI is InChI=1S/C26H30FNO5/c1-14-13-19-23(24(29)20(14)25(30)32-3)22(17-11-7-8-12-18(17)27)21(15(2)28-19)26(31)33-16-9-5-4-6-10-16/h7-8,11-12,14,16,20,22,28H,4-6,9-10,13H2,1-3H3/t14-,20+,22+/m0/s1. The van der Waals surface area contributed by atoms with Gasteiger partial charge in [-0.3, -0.25) is 9.59 Å². The summed E-state index contributed by atoms with van der Waals surface area (Å²) < 4.78 is 25.8. The van der Waals surface area contributed by atoms with E-state index < -0.39 is 35.4 Å². The highest BCUT2D eigenvalue weighted by Gasteiger charge is 2.48. The van der Waals surface area contributed by atoms with E-state index in [9.17, 15) is 14.4 Å². The molecule has 0 amide bonds. The smallest absolute Gasteiger partial charge is 0.337 e. The molecule has 1 N–H and O–H groups in total. The number of rotatable bonds is 4. The van der Waals surface area contributed by atoms with Crippen molar-refractivity contribution < 1.29 is 28.2 Å². The SMILES string of the molecule is COC(=O)[C@H]1C(=O)C2=C(C[C@@H]1C)NC(C)=C(C(=O)OC1CCCCC1)[C@H]2c1ccccc1F. The second-order valence-electron chi connectivity index (χ2n) is 9.22. The largest absolute Gasteiger partial charge is 0.468 e. The van der Waals surface area contributed by atoms with Crippen LogP contribution in [0.3, 0.4) is 0 Å².